The molecule has 0 unspecified atom stereocenters. The zero-order chi connectivity index (χ0) is 13.2. The molecule has 5 heteroatoms. The van der Waals surface area contributed by atoms with Crippen LogP contribution in [0.5, 0.6) is 0 Å². The average molecular weight is 281 g/mol. The molecule has 2 aromatic rings. The van der Waals surface area contributed by atoms with E-state index in [0.717, 1.165) is 11.1 Å². The molecule has 0 fully saturated rings. The summed E-state index contributed by atoms with van der Waals surface area (Å²) in [6.45, 7) is 1.86. The summed E-state index contributed by atoms with van der Waals surface area (Å²) < 4.78 is 24.4. The molecular weight excluding hydrogens is 266 g/mol. The van der Waals surface area contributed by atoms with Crippen LogP contribution in [0.1, 0.15) is 11.1 Å². The lowest BCUT2D eigenvalue weighted by atomic mass is 10.2. The van der Waals surface area contributed by atoms with Crippen molar-refractivity contribution in [2.24, 2.45) is 0 Å². The molecule has 1 heterocycles. The predicted octanol–water partition coefficient (Wildman–Crippen LogP) is 2.66. The van der Waals surface area contributed by atoms with Gasteiger partial charge < -0.3 is 5.73 Å². The Bertz CT molecular complexity index is 631. The molecule has 96 valence electrons. The van der Waals surface area contributed by atoms with Crippen LogP contribution >= 0.6 is 11.3 Å². The zero-order valence-electron chi connectivity index (χ0n) is 10.1. The highest BCUT2D eigenvalue weighted by Crippen LogP contribution is 2.22. The van der Waals surface area contributed by atoms with Crippen LogP contribution in [0, 0.1) is 6.92 Å². The highest BCUT2D eigenvalue weighted by molar-refractivity contribution is 7.91. The highest BCUT2D eigenvalue weighted by Gasteiger charge is 2.17. The molecular formula is C13H15NO2S2. The van der Waals surface area contributed by atoms with E-state index in [1.807, 2.05) is 29.8 Å². The van der Waals surface area contributed by atoms with Crippen LogP contribution in [0.4, 0.5) is 5.69 Å². The molecule has 0 aliphatic carbocycles. The van der Waals surface area contributed by atoms with Crippen LogP contribution in [0.15, 0.2) is 39.9 Å². The molecule has 0 saturated carbocycles. The molecule has 1 aromatic carbocycles. The van der Waals surface area contributed by atoms with Gasteiger partial charge in [0.1, 0.15) is 0 Å². The van der Waals surface area contributed by atoms with Crippen molar-refractivity contribution in [3.05, 3.63) is 46.2 Å². The number of hydrogen-bond acceptors (Lipinski definition) is 4. The van der Waals surface area contributed by atoms with Crippen LogP contribution < -0.4 is 5.73 Å². The number of sulfone groups is 1. The maximum Gasteiger partial charge on any atom is 0.180 e. The van der Waals surface area contributed by atoms with Gasteiger partial charge >= 0.3 is 0 Å². The van der Waals surface area contributed by atoms with E-state index in [9.17, 15) is 8.42 Å². The summed E-state index contributed by atoms with van der Waals surface area (Å²) in [5.74, 6) is 0.0946. The van der Waals surface area contributed by atoms with E-state index in [2.05, 4.69) is 0 Å². The van der Waals surface area contributed by atoms with Gasteiger partial charge in [-0.1, -0.05) is 6.07 Å². The van der Waals surface area contributed by atoms with Crippen molar-refractivity contribution in [1.29, 1.82) is 0 Å². The molecule has 2 N–H and O–H groups in total. The number of thiophene rings is 1. The van der Waals surface area contributed by atoms with Gasteiger partial charge in [0.2, 0.25) is 0 Å². The Labute approximate surface area is 111 Å². The molecule has 0 aliphatic rings. The number of rotatable bonds is 4. The van der Waals surface area contributed by atoms with Gasteiger partial charge in [0.25, 0.3) is 0 Å². The van der Waals surface area contributed by atoms with Gasteiger partial charge in [-0.15, -0.1) is 0 Å². The van der Waals surface area contributed by atoms with Gasteiger partial charge in [-0.05, 0) is 53.4 Å². The van der Waals surface area contributed by atoms with E-state index in [1.165, 1.54) is 0 Å². The van der Waals surface area contributed by atoms with Gasteiger partial charge in [0, 0.05) is 0 Å². The predicted molar refractivity (Wildman–Crippen MR) is 75.7 cm³/mol. The maximum absolute atomic E-state index is 12.2. The Balaban J connectivity index is 2.22. The summed E-state index contributed by atoms with van der Waals surface area (Å²) in [6.07, 6.45) is 0.527. The number of aryl methyl sites for hydroxylation is 2. The first-order valence-electron chi connectivity index (χ1n) is 5.59. The molecule has 0 atom stereocenters. The Morgan fingerprint density at radius 3 is 2.72 bits per heavy atom. The highest BCUT2D eigenvalue weighted by atomic mass is 32.2. The Kier molecular flexibility index (Phi) is 3.73. The Hall–Kier alpha value is -1.33. The molecule has 0 amide bonds. The topological polar surface area (TPSA) is 60.2 Å². The molecule has 3 nitrogen and oxygen atoms in total. The Morgan fingerprint density at radius 2 is 2.06 bits per heavy atom. The van der Waals surface area contributed by atoms with E-state index in [1.54, 1.807) is 23.5 Å². The second kappa shape index (κ2) is 5.12. The summed E-state index contributed by atoms with van der Waals surface area (Å²) in [5, 5.41) is 3.91. The van der Waals surface area contributed by atoms with Crippen LogP contribution in [-0.4, -0.2) is 14.2 Å². The minimum absolute atomic E-state index is 0.0946. The van der Waals surface area contributed by atoms with Crippen LogP contribution in [0.25, 0.3) is 0 Å². The zero-order valence-corrected chi connectivity index (χ0v) is 11.7. The normalized spacial score (nSPS) is 11.6. The van der Waals surface area contributed by atoms with Gasteiger partial charge in [-0.25, -0.2) is 8.42 Å². The van der Waals surface area contributed by atoms with E-state index >= 15 is 0 Å². The molecule has 18 heavy (non-hydrogen) atoms. The minimum atomic E-state index is -3.31. The second-order valence-electron chi connectivity index (χ2n) is 4.24. The molecule has 1 aromatic heterocycles. The Morgan fingerprint density at radius 1 is 1.28 bits per heavy atom. The molecule has 0 aliphatic heterocycles. The first-order chi connectivity index (χ1) is 8.49. The van der Waals surface area contributed by atoms with Crippen LogP contribution in [0.3, 0.4) is 0 Å². The summed E-state index contributed by atoms with van der Waals surface area (Å²) >= 11 is 1.57. The van der Waals surface area contributed by atoms with Crippen LogP contribution in [-0.2, 0) is 16.3 Å². The monoisotopic (exact) mass is 281 g/mol. The number of hydrogen-bond donors (Lipinski definition) is 1. The number of nitrogen functional groups attached to an aromatic ring is 1. The fourth-order valence-corrected chi connectivity index (χ4v) is 3.93. The summed E-state index contributed by atoms with van der Waals surface area (Å²) in [5.41, 5.74) is 8.02. The average Bonchev–Trinajstić information content (AvgIpc) is 2.83. The number of benzene rings is 1. The lowest BCUT2D eigenvalue weighted by Crippen LogP contribution is -2.11. The quantitative estimate of drug-likeness (QED) is 0.876. The summed E-state index contributed by atoms with van der Waals surface area (Å²) in [6, 6.07) is 7.04. The third-order valence-electron chi connectivity index (χ3n) is 2.74. The number of nitrogens with two attached hydrogens (primary N) is 1. The van der Waals surface area contributed by atoms with E-state index in [-0.39, 0.29) is 10.6 Å². The standard InChI is InChI=1S/C13H15NO2S2/c1-10-2-3-12(14)13(8-10)18(15,16)7-5-11-4-6-17-9-11/h2-4,6,8-9H,5,7,14H2,1H3. The summed E-state index contributed by atoms with van der Waals surface area (Å²) in [4.78, 5) is 0.248. The third kappa shape index (κ3) is 2.91. The third-order valence-corrected chi connectivity index (χ3v) is 5.24. The van der Waals surface area contributed by atoms with Crippen molar-refractivity contribution in [3.63, 3.8) is 0 Å². The maximum atomic E-state index is 12.2. The van der Waals surface area contributed by atoms with Gasteiger partial charge in [0.15, 0.2) is 9.84 Å². The minimum Gasteiger partial charge on any atom is -0.398 e. The SMILES string of the molecule is Cc1ccc(N)c(S(=O)(=O)CCc2ccsc2)c1. The first-order valence-corrected chi connectivity index (χ1v) is 8.18. The van der Waals surface area contributed by atoms with Gasteiger partial charge in [-0.2, -0.15) is 11.3 Å². The smallest absolute Gasteiger partial charge is 0.180 e. The molecule has 0 radical (unpaired) electrons. The lowest BCUT2D eigenvalue weighted by Gasteiger charge is -2.08. The molecule has 0 saturated heterocycles. The van der Waals surface area contributed by atoms with Crippen LogP contribution in [0.2, 0.25) is 0 Å². The van der Waals surface area contributed by atoms with Crippen molar-refractivity contribution < 1.29 is 8.42 Å². The molecule has 0 spiro atoms. The first kappa shape index (κ1) is 13.1. The second-order valence-corrected chi connectivity index (χ2v) is 7.10. The van der Waals surface area contributed by atoms with Crippen molar-refractivity contribution in [2.75, 3.05) is 11.5 Å². The van der Waals surface area contributed by atoms with Gasteiger partial charge in [0.05, 0.1) is 16.3 Å². The van der Waals surface area contributed by atoms with E-state index in [0.29, 0.717) is 12.1 Å². The lowest BCUT2D eigenvalue weighted by molar-refractivity contribution is 0.595. The number of anilines is 1. The van der Waals surface area contributed by atoms with Crippen molar-refractivity contribution >= 4 is 26.9 Å². The van der Waals surface area contributed by atoms with E-state index < -0.39 is 9.84 Å². The van der Waals surface area contributed by atoms with E-state index in [4.69, 9.17) is 5.73 Å². The largest absolute Gasteiger partial charge is 0.398 e. The van der Waals surface area contributed by atoms with Crippen molar-refractivity contribution in [3.8, 4) is 0 Å². The van der Waals surface area contributed by atoms with Crippen molar-refractivity contribution in [1.82, 2.24) is 0 Å². The summed E-state index contributed by atoms with van der Waals surface area (Å²) in [7, 11) is -3.31. The van der Waals surface area contributed by atoms with Crippen molar-refractivity contribution in [2.45, 2.75) is 18.2 Å². The fraction of sp³-hybridized carbons (Fsp3) is 0.231. The van der Waals surface area contributed by atoms with Gasteiger partial charge in [-0.3, -0.25) is 0 Å². The molecule has 2 rings (SSSR count). The fourth-order valence-electron chi connectivity index (χ4n) is 1.71. The molecule has 0 bridgehead atoms.